The molecule has 12 nitrogen and oxygen atoms in total. The molecule has 0 saturated carbocycles. The molecular weight excluding hydrogens is 620 g/mol. The van der Waals surface area contributed by atoms with Gasteiger partial charge in [-0.15, -0.1) is 0 Å². The van der Waals surface area contributed by atoms with Crippen LogP contribution in [-0.4, -0.2) is 56.1 Å². The van der Waals surface area contributed by atoms with Gasteiger partial charge in [-0.3, -0.25) is 9.59 Å². The predicted molar refractivity (Wildman–Crippen MR) is 179 cm³/mol. The second kappa shape index (κ2) is 20.5. The molecule has 2 aromatic carbocycles. The Kier molecular flexibility index (Phi) is 16.8. The van der Waals surface area contributed by atoms with E-state index in [1.54, 1.807) is 0 Å². The van der Waals surface area contributed by atoms with Crippen LogP contribution < -0.4 is 11.5 Å². The van der Waals surface area contributed by atoms with Crippen LogP contribution in [0.2, 0.25) is 0 Å². The highest BCUT2D eigenvalue weighted by Gasteiger charge is 2.25. The number of nitrogens with two attached hydrogens (primary N) is 2. The van der Waals surface area contributed by atoms with E-state index in [2.05, 4.69) is 0 Å². The van der Waals surface area contributed by atoms with E-state index in [1.807, 2.05) is 0 Å². The minimum atomic E-state index is -1.36. The maximum Gasteiger partial charge on any atom is 0.336 e. The lowest BCUT2D eigenvalue weighted by Crippen LogP contribution is -2.20. The number of hydrogen-bond donors (Lipinski definition) is 6. The van der Waals surface area contributed by atoms with E-state index in [4.69, 9.17) is 11.5 Å². The molecular formula is C36H48N2O10. The van der Waals surface area contributed by atoms with Gasteiger partial charge in [-0.05, 0) is 61.1 Å². The first kappa shape index (κ1) is 39.4. The maximum absolute atomic E-state index is 11.8. The van der Waals surface area contributed by atoms with E-state index in [1.165, 1.54) is 25.0 Å². The average molecular weight is 669 g/mol. The number of primary amides is 2. The third-order valence-electron chi connectivity index (χ3n) is 8.65. The van der Waals surface area contributed by atoms with Crippen molar-refractivity contribution in [3.8, 4) is 0 Å². The summed E-state index contributed by atoms with van der Waals surface area (Å²) in [5.74, 6) is -7.00. The number of carboxylic acids is 4. The average Bonchev–Trinajstić information content (AvgIpc) is 3.02. The highest BCUT2D eigenvalue weighted by molar-refractivity contribution is 6.08. The molecule has 0 radical (unpaired) electrons. The second-order valence-corrected chi connectivity index (χ2v) is 12.1. The van der Waals surface area contributed by atoms with E-state index in [-0.39, 0.29) is 57.3 Å². The van der Waals surface area contributed by atoms with Gasteiger partial charge >= 0.3 is 23.9 Å². The molecule has 0 aromatic heterocycles. The normalized spacial score (nSPS) is 10.9. The summed E-state index contributed by atoms with van der Waals surface area (Å²) in [6.07, 6.45) is 16.6. The highest BCUT2D eigenvalue weighted by Crippen LogP contribution is 2.25. The number of unbranched alkanes of at least 4 members (excludes halogenated alkanes) is 15. The summed E-state index contributed by atoms with van der Waals surface area (Å²) in [5, 5.41) is 38.2. The number of carboxylic acid groups (broad SMARTS) is 4. The Labute approximate surface area is 280 Å². The zero-order valence-corrected chi connectivity index (χ0v) is 27.4. The fourth-order valence-corrected chi connectivity index (χ4v) is 6.19. The number of amides is 2. The lowest BCUT2D eigenvalue weighted by Gasteiger charge is -2.13. The number of aromatic carboxylic acids is 4. The van der Waals surface area contributed by atoms with Gasteiger partial charge in [0.15, 0.2) is 0 Å². The van der Waals surface area contributed by atoms with Crippen LogP contribution in [0.1, 0.15) is 176 Å². The first-order valence-electron chi connectivity index (χ1n) is 16.7. The number of rotatable bonds is 25. The number of carbonyl (C=O) groups is 6. The summed E-state index contributed by atoms with van der Waals surface area (Å²) in [5.41, 5.74) is 9.65. The zero-order chi connectivity index (χ0) is 35.6. The van der Waals surface area contributed by atoms with Gasteiger partial charge in [0.2, 0.25) is 11.8 Å². The molecule has 8 N–H and O–H groups in total. The molecule has 0 atom stereocenters. The standard InChI is InChI=1S/C36H48N2O10/c37-31(39)27-21-19-25(33(41)42)23(29(27)35(45)46)17-15-13-11-9-7-5-3-1-2-4-6-8-10-12-14-16-18-24-26(34(43)44)20-22-28(32(38)40)30(24)36(47)48/h19-22H,1-18H2,(H2,37,39)(H2,38,40)(H,41,42)(H,43,44)(H,45,46)(H,47,48). The lowest BCUT2D eigenvalue weighted by atomic mass is 9.91. The SMILES string of the molecule is NC(=O)c1ccc(C(=O)O)c(CCCCCCCCCCCCCCCCCCc2c(C(=O)O)ccc(C(N)=O)c2C(=O)O)c1C(=O)O. The van der Waals surface area contributed by atoms with Crippen molar-refractivity contribution in [2.24, 2.45) is 11.5 Å². The lowest BCUT2D eigenvalue weighted by molar-refractivity contribution is 0.0671. The summed E-state index contributed by atoms with van der Waals surface area (Å²) in [6, 6.07) is 4.79. The minimum Gasteiger partial charge on any atom is -0.478 e. The quantitative estimate of drug-likeness (QED) is 0.0612. The van der Waals surface area contributed by atoms with E-state index in [9.17, 15) is 49.2 Å². The van der Waals surface area contributed by atoms with Gasteiger partial charge in [-0.2, -0.15) is 0 Å². The smallest absolute Gasteiger partial charge is 0.336 e. The van der Waals surface area contributed by atoms with Gasteiger partial charge in [-0.25, -0.2) is 19.2 Å². The number of benzene rings is 2. The molecule has 262 valence electrons. The molecule has 0 heterocycles. The van der Waals surface area contributed by atoms with Gasteiger partial charge in [0, 0.05) is 0 Å². The first-order valence-corrected chi connectivity index (χ1v) is 16.7. The van der Waals surface area contributed by atoms with Gasteiger partial charge in [0.1, 0.15) is 0 Å². The third-order valence-corrected chi connectivity index (χ3v) is 8.65. The Morgan fingerprint density at radius 2 is 0.604 bits per heavy atom. The van der Waals surface area contributed by atoms with Crippen molar-refractivity contribution < 1.29 is 49.2 Å². The first-order chi connectivity index (χ1) is 22.9. The largest absolute Gasteiger partial charge is 0.478 e. The van der Waals surface area contributed by atoms with Crippen LogP contribution in [0.5, 0.6) is 0 Å². The minimum absolute atomic E-state index is 0.117. The van der Waals surface area contributed by atoms with Crippen LogP contribution in [0.3, 0.4) is 0 Å². The predicted octanol–water partition coefficient (Wildman–Crippen LogP) is 6.70. The summed E-state index contributed by atoms with van der Waals surface area (Å²) in [7, 11) is 0. The van der Waals surface area contributed by atoms with Crippen LogP contribution in [0, 0.1) is 0 Å². The van der Waals surface area contributed by atoms with Crippen molar-refractivity contribution in [1.29, 1.82) is 0 Å². The van der Waals surface area contributed by atoms with Crippen molar-refractivity contribution in [1.82, 2.24) is 0 Å². The van der Waals surface area contributed by atoms with E-state index in [0.29, 0.717) is 12.8 Å². The van der Waals surface area contributed by atoms with Gasteiger partial charge in [0.25, 0.3) is 0 Å². The highest BCUT2D eigenvalue weighted by atomic mass is 16.4. The van der Waals surface area contributed by atoms with Crippen LogP contribution >= 0.6 is 0 Å². The Bertz CT molecular complexity index is 1360. The Hall–Kier alpha value is -4.74. The van der Waals surface area contributed by atoms with E-state index in [0.717, 1.165) is 89.2 Å². The van der Waals surface area contributed by atoms with Gasteiger partial charge in [-0.1, -0.05) is 89.9 Å². The van der Waals surface area contributed by atoms with E-state index < -0.39 is 35.7 Å². The Morgan fingerprint density at radius 3 is 0.812 bits per heavy atom. The van der Waals surface area contributed by atoms with Crippen LogP contribution in [0.15, 0.2) is 24.3 Å². The second-order valence-electron chi connectivity index (χ2n) is 12.1. The molecule has 0 unspecified atom stereocenters. The monoisotopic (exact) mass is 668 g/mol. The summed E-state index contributed by atoms with van der Waals surface area (Å²) >= 11 is 0. The van der Waals surface area contributed by atoms with Crippen LogP contribution in [0.25, 0.3) is 0 Å². The van der Waals surface area contributed by atoms with Crippen LogP contribution in [0.4, 0.5) is 0 Å². The van der Waals surface area contributed by atoms with Gasteiger partial charge < -0.3 is 31.9 Å². The molecule has 0 aliphatic carbocycles. The fraction of sp³-hybridized carbons (Fsp3) is 0.500. The molecule has 12 heteroatoms. The van der Waals surface area contributed by atoms with Crippen molar-refractivity contribution in [3.63, 3.8) is 0 Å². The molecule has 0 bridgehead atoms. The van der Waals surface area contributed by atoms with Crippen molar-refractivity contribution in [2.45, 2.75) is 116 Å². The van der Waals surface area contributed by atoms with Gasteiger partial charge in [0.05, 0.1) is 33.4 Å². The third kappa shape index (κ3) is 12.1. The number of hydrogen-bond acceptors (Lipinski definition) is 6. The molecule has 2 rings (SSSR count). The Morgan fingerprint density at radius 1 is 0.375 bits per heavy atom. The molecule has 0 spiro atoms. The van der Waals surface area contributed by atoms with Crippen LogP contribution in [-0.2, 0) is 12.8 Å². The summed E-state index contributed by atoms with van der Waals surface area (Å²) < 4.78 is 0. The van der Waals surface area contributed by atoms with Crippen molar-refractivity contribution in [3.05, 3.63) is 68.8 Å². The molecule has 0 aliphatic rings. The topological polar surface area (TPSA) is 235 Å². The maximum atomic E-state index is 11.8. The molecule has 2 amide bonds. The molecule has 0 fully saturated rings. The number of carbonyl (C=O) groups excluding carboxylic acids is 2. The molecule has 0 saturated heterocycles. The summed E-state index contributed by atoms with van der Waals surface area (Å²) in [4.78, 5) is 70.2. The zero-order valence-electron chi connectivity index (χ0n) is 27.4. The van der Waals surface area contributed by atoms with Crippen molar-refractivity contribution in [2.75, 3.05) is 0 Å². The Balaban J connectivity index is 1.55. The van der Waals surface area contributed by atoms with E-state index >= 15 is 0 Å². The van der Waals surface area contributed by atoms with Crippen molar-refractivity contribution >= 4 is 35.7 Å². The fourth-order valence-electron chi connectivity index (χ4n) is 6.19. The summed E-state index contributed by atoms with van der Waals surface area (Å²) in [6.45, 7) is 0. The molecule has 0 aliphatic heterocycles. The molecule has 48 heavy (non-hydrogen) atoms. The molecule has 2 aromatic rings.